The molecular formula is C30H38F2N6O6S. The second-order valence-electron chi connectivity index (χ2n) is 12.6. The zero-order valence-corrected chi connectivity index (χ0v) is 27.1. The topological polar surface area (TPSA) is 146 Å². The average molecular weight is 649 g/mol. The number of ether oxygens (including phenoxy) is 3. The van der Waals surface area contributed by atoms with E-state index in [1.54, 1.807) is 53.3 Å². The predicted octanol–water partition coefficient (Wildman–Crippen LogP) is 6.21. The van der Waals surface area contributed by atoms with Crippen molar-refractivity contribution in [3.63, 3.8) is 0 Å². The Morgan fingerprint density at radius 3 is 2.27 bits per heavy atom. The van der Waals surface area contributed by atoms with Gasteiger partial charge in [0, 0.05) is 13.0 Å². The van der Waals surface area contributed by atoms with E-state index in [2.05, 4.69) is 26.0 Å². The Morgan fingerprint density at radius 2 is 1.62 bits per heavy atom. The zero-order valence-electron chi connectivity index (χ0n) is 26.2. The van der Waals surface area contributed by atoms with Gasteiger partial charge in [-0.3, -0.25) is 14.8 Å². The summed E-state index contributed by atoms with van der Waals surface area (Å²) < 4.78 is 47.4. The van der Waals surface area contributed by atoms with Gasteiger partial charge >= 0.3 is 12.2 Å². The number of halogens is 2. The van der Waals surface area contributed by atoms with Crippen LogP contribution in [-0.2, 0) is 21.3 Å². The predicted molar refractivity (Wildman–Crippen MR) is 164 cm³/mol. The number of carbonyl (C=O) groups excluding carboxylic acids is 3. The molecule has 0 aliphatic carbocycles. The van der Waals surface area contributed by atoms with Crippen molar-refractivity contribution in [3.05, 3.63) is 47.4 Å². The summed E-state index contributed by atoms with van der Waals surface area (Å²) in [5, 5.41) is 12.2. The molecule has 1 saturated heterocycles. The van der Waals surface area contributed by atoms with Crippen LogP contribution in [-0.4, -0.2) is 63.3 Å². The van der Waals surface area contributed by atoms with Gasteiger partial charge in [-0.2, -0.15) is 5.10 Å². The molecule has 15 heteroatoms. The molecule has 12 nitrogen and oxygen atoms in total. The Bertz CT molecular complexity index is 1540. The molecule has 0 bridgehead atoms. The number of hydrogen-bond acceptors (Lipinski definition) is 9. The summed E-state index contributed by atoms with van der Waals surface area (Å²) in [5.74, 6) is -2.69. The summed E-state index contributed by atoms with van der Waals surface area (Å²) >= 11 is 0.733. The third kappa shape index (κ3) is 8.97. The first kappa shape index (κ1) is 33.8. The molecule has 4 rings (SSSR count). The van der Waals surface area contributed by atoms with Crippen molar-refractivity contribution in [2.45, 2.75) is 77.5 Å². The Kier molecular flexibility index (Phi) is 10.1. The molecule has 1 aliphatic rings. The number of amides is 3. The molecule has 3 N–H and O–H groups in total. The number of alkyl carbamates (subject to hydrolysis) is 1. The molecule has 2 aromatic heterocycles. The molecule has 1 aliphatic heterocycles. The molecule has 244 valence electrons. The van der Waals surface area contributed by atoms with Crippen LogP contribution in [0.5, 0.6) is 0 Å². The van der Waals surface area contributed by atoms with Crippen LogP contribution in [0.1, 0.15) is 76.5 Å². The standard InChI is InChI=1S/C30H38F2N6O6S/c1-29(2,3)43-27(40)34-17-12-11-16(14-42-15-17)23-20(13-33-38(23)7)35-24(39)22-26(37-28(41)44-30(4,5)6)45-25(36-22)21-18(31)9-8-10-19(21)32/h8-10,13,16-17H,11-12,14-15H2,1-7H3,(H,34,40)(H,35,39)(H,37,41). The van der Waals surface area contributed by atoms with Gasteiger partial charge in [-0.15, -0.1) is 0 Å². The Labute approximate surface area is 263 Å². The summed E-state index contributed by atoms with van der Waals surface area (Å²) in [5.41, 5.74) is -1.14. The lowest BCUT2D eigenvalue weighted by Crippen LogP contribution is -2.41. The summed E-state index contributed by atoms with van der Waals surface area (Å²) in [6, 6.07) is 3.09. The number of nitrogens with zero attached hydrogens (tertiary/aromatic N) is 3. The fourth-order valence-electron chi connectivity index (χ4n) is 4.70. The minimum absolute atomic E-state index is 0.0568. The lowest BCUT2D eigenvalue weighted by molar-refractivity contribution is 0.0455. The summed E-state index contributed by atoms with van der Waals surface area (Å²) in [7, 11) is 1.73. The first-order chi connectivity index (χ1) is 21.0. The number of benzene rings is 1. The van der Waals surface area contributed by atoms with Crippen LogP contribution in [0.3, 0.4) is 0 Å². The van der Waals surface area contributed by atoms with Gasteiger partial charge in [0.2, 0.25) is 0 Å². The third-order valence-corrected chi connectivity index (χ3v) is 7.46. The highest BCUT2D eigenvalue weighted by Crippen LogP contribution is 2.37. The van der Waals surface area contributed by atoms with E-state index in [4.69, 9.17) is 14.2 Å². The lowest BCUT2D eigenvalue weighted by atomic mass is 9.97. The van der Waals surface area contributed by atoms with Crippen LogP contribution in [0.15, 0.2) is 24.4 Å². The first-order valence-corrected chi connectivity index (χ1v) is 15.2. The quantitative estimate of drug-likeness (QED) is 0.286. The van der Waals surface area contributed by atoms with Crippen LogP contribution >= 0.6 is 11.3 Å². The van der Waals surface area contributed by atoms with E-state index < -0.39 is 46.5 Å². The molecule has 3 heterocycles. The van der Waals surface area contributed by atoms with Crippen molar-refractivity contribution in [1.29, 1.82) is 0 Å². The Morgan fingerprint density at radius 1 is 0.978 bits per heavy atom. The van der Waals surface area contributed by atoms with Crippen LogP contribution < -0.4 is 16.0 Å². The van der Waals surface area contributed by atoms with E-state index in [0.29, 0.717) is 30.8 Å². The fourth-order valence-corrected chi connectivity index (χ4v) is 5.70. The normalized spacial score (nSPS) is 17.3. The first-order valence-electron chi connectivity index (χ1n) is 14.4. The lowest BCUT2D eigenvalue weighted by Gasteiger charge is -2.22. The molecule has 45 heavy (non-hydrogen) atoms. The second kappa shape index (κ2) is 13.5. The molecule has 0 saturated carbocycles. The maximum absolute atomic E-state index is 14.6. The maximum Gasteiger partial charge on any atom is 0.412 e. The van der Waals surface area contributed by atoms with Gasteiger partial charge in [-0.25, -0.2) is 23.4 Å². The summed E-state index contributed by atoms with van der Waals surface area (Å²) in [6.45, 7) is 10.9. The number of thiazole rings is 1. The highest BCUT2D eigenvalue weighted by Gasteiger charge is 2.30. The molecule has 1 aromatic carbocycles. The molecule has 2 unspecified atom stereocenters. The SMILES string of the molecule is Cn1ncc(NC(=O)c2nc(-c3c(F)cccc3F)sc2NC(=O)OC(C)(C)C)c1C1CCC(NC(=O)OC(C)(C)C)COC1. The summed E-state index contributed by atoms with van der Waals surface area (Å²) in [4.78, 5) is 42.7. The number of anilines is 2. The maximum atomic E-state index is 14.6. The number of carbonyl (C=O) groups is 3. The van der Waals surface area contributed by atoms with Crippen molar-refractivity contribution in [2.75, 3.05) is 23.8 Å². The van der Waals surface area contributed by atoms with E-state index >= 15 is 0 Å². The number of rotatable bonds is 6. The third-order valence-electron chi connectivity index (χ3n) is 6.48. The van der Waals surface area contributed by atoms with Crippen molar-refractivity contribution in [1.82, 2.24) is 20.1 Å². The minimum atomic E-state index is -0.873. The second-order valence-corrected chi connectivity index (χ2v) is 13.6. The van der Waals surface area contributed by atoms with E-state index in [0.717, 1.165) is 23.5 Å². The number of aryl methyl sites for hydroxylation is 1. The van der Waals surface area contributed by atoms with Gasteiger partial charge in [-0.1, -0.05) is 17.4 Å². The van der Waals surface area contributed by atoms with Gasteiger partial charge in [0.05, 0.1) is 42.4 Å². The van der Waals surface area contributed by atoms with Gasteiger partial charge < -0.3 is 24.8 Å². The van der Waals surface area contributed by atoms with Crippen LogP contribution in [0, 0.1) is 11.6 Å². The highest BCUT2D eigenvalue weighted by atomic mass is 32.1. The Balaban J connectivity index is 1.57. The number of hydrogen-bond donors (Lipinski definition) is 3. The van der Waals surface area contributed by atoms with Gasteiger partial charge in [0.25, 0.3) is 5.91 Å². The van der Waals surface area contributed by atoms with E-state index in [1.165, 1.54) is 12.3 Å². The average Bonchev–Trinajstić information content (AvgIpc) is 3.38. The molecule has 0 radical (unpaired) electrons. The smallest absolute Gasteiger partial charge is 0.412 e. The molecule has 2 atom stereocenters. The minimum Gasteiger partial charge on any atom is -0.444 e. The van der Waals surface area contributed by atoms with Crippen molar-refractivity contribution in [2.24, 2.45) is 7.05 Å². The fraction of sp³-hybridized carbons (Fsp3) is 0.500. The Hall–Kier alpha value is -4.11. The van der Waals surface area contributed by atoms with E-state index in [1.807, 2.05) is 0 Å². The molecule has 1 fully saturated rings. The van der Waals surface area contributed by atoms with Gasteiger partial charge in [0.1, 0.15) is 32.8 Å². The van der Waals surface area contributed by atoms with Crippen LogP contribution in [0.2, 0.25) is 0 Å². The van der Waals surface area contributed by atoms with Crippen molar-refractivity contribution >= 4 is 40.1 Å². The molecule has 0 spiro atoms. The highest BCUT2D eigenvalue weighted by molar-refractivity contribution is 7.19. The molecule has 3 aromatic rings. The molecule has 3 amide bonds. The molecular weight excluding hydrogens is 610 g/mol. The number of aromatic nitrogens is 3. The van der Waals surface area contributed by atoms with Gasteiger partial charge in [0.15, 0.2) is 5.69 Å². The van der Waals surface area contributed by atoms with Crippen LogP contribution in [0.25, 0.3) is 10.6 Å². The van der Waals surface area contributed by atoms with Crippen LogP contribution in [0.4, 0.5) is 29.1 Å². The van der Waals surface area contributed by atoms with Crippen molar-refractivity contribution in [3.8, 4) is 10.6 Å². The van der Waals surface area contributed by atoms with E-state index in [9.17, 15) is 23.2 Å². The zero-order chi connectivity index (χ0) is 33.1. The van der Waals surface area contributed by atoms with E-state index in [-0.39, 0.29) is 34.3 Å². The monoisotopic (exact) mass is 648 g/mol. The number of nitrogens with one attached hydrogen (secondary N) is 3. The largest absolute Gasteiger partial charge is 0.444 e. The summed E-state index contributed by atoms with van der Waals surface area (Å²) in [6.07, 6.45) is 1.25. The van der Waals surface area contributed by atoms with Gasteiger partial charge in [-0.05, 0) is 66.5 Å². The van der Waals surface area contributed by atoms with Crippen molar-refractivity contribution < 1.29 is 37.4 Å².